The molecule has 0 unspecified atom stereocenters. The predicted octanol–water partition coefficient (Wildman–Crippen LogP) is 5.03. The molecule has 2 rings (SSSR count). The minimum Gasteiger partial charge on any atom is -0.392 e. The van der Waals surface area contributed by atoms with Gasteiger partial charge in [0.25, 0.3) is 0 Å². The van der Waals surface area contributed by atoms with Gasteiger partial charge in [0.15, 0.2) is 0 Å². The van der Waals surface area contributed by atoms with Crippen molar-refractivity contribution in [2.75, 3.05) is 6.61 Å². The van der Waals surface area contributed by atoms with Gasteiger partial charge in [-0.05, 0) is 87.1 Å². The summed E-state index contributed by atoms with van der Waals surface area (Å²) in [4.78, 5) is 0. The predicted molar refractivity (Wildman–Crippen MR) is 82.8 cm³/mol. The Hall–Kier alpha value is -0.120. The molecule has 1 aliphatic rings. The molecule has 1 aromatic rings. The molecule has 0 saturated heterocycles. The molecular formula is C15H18Br2O. The van der Waals surface area contributed by atoms with Crippen LogP contribution in [0.3, 0.4) is 0 Å². The Bertz CT molecular complexity index is 421. The Morgan fingerprint density at radius 3 is 2.44 bits per heavy atom. The normalized spacial score (nSPS) is 24.6. The molecule has 1 aliphatic carbocycles. The van der Waals surface area contributed by atoms with Gasteiger partial charge in [-0.1, -0.05) is 18.2 Å². The van der Waals surface area contributed by atoms with Crippen LogP contribution in [0.2, 0.25) is 0 Å². The zero-order chi connectivity index (χ0) is 13.0. The maximum Gasteiger partial charge on any atom is 0.0612 e. The maximum absolute atomic E-state index is 8.79. The molecule has 3 heteroatoms. The van der Waals surface area contributed by atoms with Gasteiger partial charge in [-0.25, -0.2) is 0 Å². The summed E-state index contributed by atoms with van der Waals surface area (Å²) in [7, 11) is 0. The van der Waals surface area contributed by atoms with E-state index in [4.69, 9.17) is 5.11 Å². The smallest absolute Gasteiger partial charge is 0.0612 e. The molecule has 18 heavy (non-hydrogen) atoms. The van der Waals surface area contributed by atoms with Gasteiger partial charge in [0, 0.05) is 8.95 Å². The van der Waals surface area contributed by atoms with Crippen molar-refractivity contribution in [2.24, 2.45) is 5.92 Å². The molecule has 1 N–H and O–H groups in total. The maximum atomic E-state index is 8.79. The first-order chi connectivity index (χ1) is 8.70. The molecule has 0 radical (unpaired) electrons. The SMILES string of the molecule is OC/C=C/C1CCC(c2ccc(Br)c(Br)c2)CC1. The van der Waals surface area contributed by atoms with Crippen molar-refractivity contribution < 1.29 is 5.11 Å². The Kier molecular flexibility index (Phi) is 5.46. The first-order valence-corrected chi connectivity index (χ1v) is 8.01. The average molecular weight is 374 g/mol. The van der Waals surface area contributed by atoms with E-state index >= 15 is 0 Å². The van der Waals surface area contributed by atoms with E-state index in [0.29, 0.717) is 11.8 Å². The fourth-order valence-electron chi connectivity index (χ4n) is 2.66. The molecule has 0 aliphatic heterocycles. The molecule has 98 valence electrons. The fourth-order valence-corrected chi connectivity index (χ4v) is 3.31. The lowest BCUT2D eigenvalue weighted by Crippen LogP contribution is -2.11. The van der Waals surface area contributed by atoms with Crippen LogP contribution in [-0.4, -0.2) is 11.7 Å². The molecule has 1 saturated carbocycles. The van der Waals surface area contributed by atoms with Gasteiger partial charge in [-0.15, -0.1) is 0 Å². The number of aliphatic hydroxyl groups excluding tert-OH is 1. The summed E-state index contributed by atoms with van der Waals surface area (Å²) in [6.07, 6.45) is 9.00. The Labute approximate surface area is 126 Å². The van der Waals surface area contributed by atoms with Crippen LogP contribution in [0.15, 0.2) is 39.3 Å². The molecule has 0 aromatic heterocycles. The highest BCUT2D eigenvalue weighted by molar-refractivity contribution is 9.13. The van der Waals surface area contributed by atoms with Gasteiger partial charge < -0.3 is 5.11 Å². The number of aliphatic hydroxyl groups is 1. The summed E-state index contributed by atoms with van der Waals surface area (Å²) >= 11 is 7.08. The fraction of sp³-hybridized carbons (Fsp3) is 0.467. The van der Waals surface area contributed by atoms with Crippen LogP contribution in [0.1, 0.15) is 37.2 Å². The molecule has 0 amide bonds. The molecular weight excluding hydrogens is 356 g/mol. The summed E-state index contributed by atoms with van der Waals surface area (Å²) in [6, 6.07) is 6.58. The number of benzene rings is 1. The highest BCUT2D eigenvalue weighted by Crippen LogP contribution is 2.38. The van der Waals surface area contributed by atoms with Crippen LogP contribution in [0.4, 0.5) is 0 Å². The van der Waals surface area contributed by atoms with Crippen LogP contribution < -0.4 is 0 Å². The highest BCUT2D eigenvalue weighted by Gasteiger charge is 2.21. The van der Waals surface area contributed by atoms with E-state index in [-0.39, 0.29) is 6.61 Å². The van der Waals surface area contributed by atoms with Crippen molar-refractivity contribution in [3.63, 3.8) is 0 Å². The van der Waals surface area contributed by atoms with Crippen LogP contribution in [0.5, 0.6) is 0 Å². The first kappa shape index (κ1) is 14.3. The molecule has 0 atom stereocenters. The van der Waals surface area contributed by atoms with Crippen LogP contribution >= 0.6 is 31.9 Å². The zero-order valence-corrected chi connectivity index (χ0v) is 13.5. The molecule has 0 spiro atoms. The summed E-state index contributed by atoms with van der Waals surface area (Å²) in [5.74, 6) is 1.35. The largest absolute Gasteiger partial charge is 0.392 e. The van der Waals surface area contributed by atoms with Gasteiger partial charge >= 0.3 is 0 Å². The van der Waals surface area contributed by atoms with E-state index in [1.807, 2.05) is 6.08 Å². The van der Waals surface area contributed by atoms with Gasteiger partial charge in [0.05, 0.1) is 6.61 Å². The third kappa shape index (κ3) is 3.69. The van der Waals surface area contributed by atoms with Crippen molar-refractivity contribution in [1.29, 1.82) is 0 Å². The van der Waals surface area contributed by atoms with Crippen LogP contribution in [0.25, 0.3) is 0 Å². The van der Waals surface area contributed by atoms with E-state index in [0.717, 1.165) is 8.95 Å². The highest BCUT2D eigenvalue weighted by atomic mass is 79.9. The van der Waals surface area contributed by atoms with E-state index in [9.17, 15) is 0 Å². The van der Waals surface area contributed by atoms with Gasteiger partial charge in [-0.2, -0.15) is 0 Å². The second-order valence-corrected chi connectivity index (χ2v) is 6.60. The van der Waals surface area contributed by atoms with Crippen LogP contribution in [0, 0.1) is 5.92 Å². The molecule has 1 nitrogen and oxygen atoms in total. The standard InChI is InChI=1S/C15H18Br2O/c16-14-8-7-13(10-15(14)17)12-5-3-11(4-6-12)2-1-9-18/h1-2,7-8,10-12,18H,3-6,9H2/b2-1+. The Morgan fingerprint density at radius 2 is 1.83 bits per heavy atom. The minimum atomic E-state index is 0.166. The topological polar surface area (TPSA) is 20.2 Å². The van der Waals surface area contributed by atoms with Gasteiger partial charge in [-0.3, -0.25) is 0 Å². The number of hydrogen-bond acceptors (Lipinski definition) is 1. The third-order valence-corrected chi connectivity index (χ3v) is 5.58. The van der Waals surface area contributed by atoms with E-state index in [2.05, 4.69) is 56.1 Å². The molecule has 1 aromatic carbocycles. The third-order valence-electron chi connectivity index (χ3n) is 3.70. The lowest BCUT2D eigenvalue weighted by Gasteiger charge is -2.27. The average Bonchev–Trinajstić information content (AvgIpc) is 2.40. The Balaban J connectivity index is 1.96. The quantitative estimate of drug-likeness (QED) is 0.736. The van der Waals surface area contributed by atoms with Crippen LogP contribution in [-0.2, 0) is 0 Å². The van der Waals surface area contributed by atoms with Crippen molar-refractivity contribution in [2.45, 2.75) is 31.6 Å². The van der Waals surface area contributed by atoms with E-state index in [1.165, 1.54) is 31.2 Å². The van der Waals surface area contributed by atoms with Gasteiger partial charge in [0.1, 0.15) is 0 Å². The van der Waals surface area contributed by atoms with Crippen molar-refractivity contribution in [3.05, 3.63) is 44.9 Å². The number of allylic oxidation sites excluding steroid dienone is 1. The summed E-state index contributed by atoms with van der Waals surface area (Å²) in [5, 5.41) is 8.79. The summed E-state index contributed by atoms with van der Waals surface area (Å²) in [6.45, 7) is 0.166. The van der Waals surface area contributed by atoms with E-state index in [1.54, 1.807) is 0 Å². The van der Waals surface area contributed by atoms with Gasteiger partial charge in [0.2, 0.25) is 0 Å². The lowest BCUT2D eigenvalue weighted by molar-refractivity contribution is 0.337. The number of rotatable bonds is 3. The zero-order valence-electron chi connectivity index (χ0n) is 10.3. The second-order valence-electron chi connectivity index (χ2n) is 4.90. The minimum absolute atomic E-state index is 0.166. The van der Waals surface area contributed by atoms with E-state index < -0.39 is 0 Å². The summed E-state index contributed by atoms with van der Waals surface area (Å²) < 4.78 is 2.26. The number of hydrogen-bond donors (Lipinski definition) is 1. The number of halogens is 2. The lowest BCUT2D eigenvalue weighted by atomic mass is 9.78. The monoisotopic (exact) mass is 372 g/mol. The first-order valence-electron chi connectivity index (χ1n) is 6.43. The molecule has 1 fully saturated rings. The molecule has 0 heterocycles. The second kappa shape index (κ2) is 6.88. The van der Waals surface area contributed by atoms with Crippen molar-refractivity contribution in [3.8, 4) is 0 Å². The summed E-state index contributed by atoms with van der Waals surface area (Å²) in [5.41, 5.74) is 1.44. The van der Waals surface area contributed by atoms with Crippen molar-refractivity contribution in [1.82, 2.24) is 0 Å². The Morgan fingerprint density at radius 1 is 1.11 bits per heavy atom. The molecule has 0 bridgehead atoms. The van der Waals surface area contributed by atoms with Crippen molar-refractivity contribution >= 4 is 31.9 Å².